The number of sulfonamides is 1. The SMILES string of the molecule is Cc1noc(C)c1S(=O)(=O)N(CCCl)C1CC1. The lowest BCUT2D eigenvalue weighted by Crippen LogP contribution is -2.35. The fourth-order valence-electron chi connectivity index (χ4n) is 1.90. The Bertz CT molecular complexity index is 488. The van der Waals surface area contributed by atoms with Crippen molar-refractivity contribution in [3.05, 3.63) is 11.5 Å². The lowest BCUT2D eigenvalue weighted by Gasteiger charge is -2.20. The molecule has 0 spiro atoms. The number of alkyl halides is 1. The molecular weight excluding hydrogens is 264 g/mol. The van der Waals surface area contributed by atoms with Crippen LogP contribution in [0.1, 0.15) is 24.3 Å². The van der Waals surface area contributed by atoms with Crippen LogP contribution in [-0.4, -0.2) is 36.3 Å². The third-order valence-electron chi connectivity index (χ3n) is 2.79. The number of aromatic nitrogens is 1. The van der Waals surface area contributed by atoms with E-state index in [9.17, 15) is 8.42 Å². The number of rotatable bonds is 5. The molecule has 0 aliphatic heterocycles. The number of hydrogen-bond donors (Lipinski definition) is 0. The first-order valence-corrected chi connectivity index (χ1v) is 7.46. The van der Waals surface area contributed by atoms with Gasteiger partial charge in [-0.15, -0.1) is 11.6 Å². The van der Waals surface area contributed by atoms with E-state index in [-0.39, 0.29) is 10.9 Å². The van der Waals surface area contributed by atoms with Crippen LogP contribution in [0.3, 0.4) is 0 Å². The molecule has 0 unspecified atom stereocenters. The summed E-state index contributed by atoms with van der Waals surface area (Å²) in [6, 6.07) is 0.0902. The van der Waals surface area contributed by atoms with Crippen molar-refractivity contribution in [1.82, 2.24) is 9.46 Å². The Labute approximate surface area is 106 Å². The summed E-state index contributed by atoms with van der Waals surface area (Å²) < 4.78 is 31.3. The number of hydrogen-bond acceptors (Lipinski definition) is 4. The van der Waals surface area contributed by atoms with Gasteiger partial charge in [-0.3, -0.25) is 0 Å². The van der Waals surface area contributed by atoms with Gasteiger partial charge in [0.1, 0.15) is 10.6 Å². The third kappa shape index (κ3) is 2.34. The zero-order valence-electron chi connectivity index (χ0n) is 9.81. The van der Waals surface area contributed by atoms with Crippen molar-refractivity contribution in [2.45, 2.75) is 37.6 Å². The molecule has 1 saturated carbocycles. The fourth-order valence-corrected chi connectivity index (χ4v) is 4.17. The zero-order chi connectivity index (χ0) is 12.6. The maximum Gasteiger partial charge on any atom is 0.248 e. The zero-order valence-corrected chi connectivity index (χ0v) is 11.4. The Hall–Kier alpha value is -0.590. The van der Waals surface area contributed by atoms with Crippen molar-refractivity contribution in [1.29, 1.82) is 0 Å². The van der Waals surface area contributed by atoms with Crippen molar-refractivity contribution in [2.75, 3.05) is 12.4 Å². The van der Waals surface area contributed by atoms with E-state index in [2.05, 4.69) is 5.16 Å². The predicted molar refractivity (Wildman–Crippen MR) is 63.6 cm³/mol. The van der Waals surface area contributed by atoms with Crippen LogP contribution < -0.4 is 0 Å². The summed E-state index contributed by atoms with van der Waals surface area (Å²) in [4.78, 5) is 0.189. The van der Waals surface area contributed by atoms with Crippen molar-refractivity contribution >= 4 is 21.6 Å². The molecule has 0 aromatic carbocycles. The molecule has 0 amide bonds. The second-order valence-electron chi connectivity index (χ2n) is 4.19. The van der Waals surface area contributed by atoms with Crippen LogP contribution in [0.4, 0.5) is 0 Å². The largest absolute Gasteiger partial charge is 0.360 e. The van der Waals surface area contributed by atoms with Gasteiger partial charge >= 0.3 is 0 Å². The Kier molecular flexibility index (Phi) is 3.47. The normalized spacial score (nSPS) is 16.7. The molecule has 0 bridgehead atoms. The van der Waals surface area contributed by atoms with E-state index < -0.39 is 10.0 Å². The summed E-state index contributed by atoms with van der Waals surface area (Å²) in [6.45, 7) is 3.58. The summed E-state index contributed by atoms with van der Waals surface area (Å²) in [5.41, 5.74) is 0.405. The van der Waals surface area contributed by atoms with Crippen LogP contribution in [0.2, 0.25) is 0 Å². The monoisotopic (exact) mass is 278 g/mol. The van der Waals surface area contributed by atoms with E-state index in [1.807, 2.05) is 0 Å². The molecule has 1 fully saturated rings. The smallest absolute Gasteiger partial charge is 0.248 e. The maximum absolute atomic E-state index is 12.5. The molecule has 5 nitrogen and oxygen atoms in total. The van der Waals surface area contributed by atoms with Gasteiger partial charge in [-0.25, -0.2) is 8.42 Å². The first-order chi connectivity index (χ1) is 7.98. The molecule has 1 aromatic rings. The van der Waals surface area contributed by atoms with Crippen molar-refractivity contribution in [3.63, 3.8) is 0 Å². The summed E-state index contributed by atoms with van der Waals surface area (Å²) >= 11 is 5.67. The summed E-state index contributed by atoms with van der Waals surface area (Å²) in [5, 5.41) is 3.69. The molecule has 1 aliphatic carbocycles. The van der Waals surface area contributed by atoms with E-state index in [4.69, 9.17) is 16.1 Å². The number of halogens is 1. The molecule has 96 valence electrons. The maximum atomic E-state index is 12.5. The van der Waals surface area contributed by atoms with Gasteiger partial charge in [0.2, 0.25) is 10.0 Å². The van der Waals surface area contributed by atoms with Gasteiger partial charge in [-0.1, -0.05) is 5.16 Å². The third-order valence-corrected chi connectivity index (χ3v) is 5.16. The van der Waals surface area contributed by atoms with Crippen LogP contribution >= 0.6 is 11.6 Å². The Morgan fingerprint density at radius 2 is 2.12 bits per heavy atom. The molecule has 0 N–H and O–H groups in total. The van der Waals surface area contributed by atoms with E-state index in [0.717, 1.165) is 12.8 Å². The molecule has 2 rings (SSSR count). The van der Waals surface area contributed by atoms with Crippen LogP contribution in [0.15, 0.2) is 9.42 Å². The molecule has 1 aromatic heterocycles. The highest BCUT2D eigenvalue weighted by molar-refractivity contribution is 7.89. The van der Waals surface area contributed by atoms with Crippen molar-refractivity contribution < 1.29 is 12.9 Å². The van der Waals surface area contributed by atoms with Crippen LogP contribution in [-0.2, 0) is 10.0 Å². The average molecular weight is 279 g/mol. The fraction of sp³-hybridized carbons (Fsp3) is 0.700. The van der Waals surface area contributed by atoms with Crippen molar-refractivity contribution in [2.24, 2.45) is 0 Å². The quantitative estimate of drug-likeness (QED) is 0.769. The average Bonchev–Trinajstić information content (AvgIpc) is 3.01. The standard InChI is InChI=1S/C10H15ClN2O3S/c1-7-10(8(2)16-12-7)17(14,15)13(6-5-11)9-3-4-9/h9H,3-6H2,1-2H3. The first kappa shape index (κ1) is 12.9. The number of nitrogens with zero attached hydrogens (tertiary/aromatic N) is 2. The van der Waals surface area contributed by atoms with Gasteiger partial charge in [0.05, 0.1) is 0 Å². The molecule has 1 heterocycles. The summed E-state index contributed by atoms with van der Waals surface area (Å²) in [6.07, 6.45) is 1.80. The van der Waals surface area contributed by atoms with Gasteiger partial charge in [0, 0.05) is 18.5 Å². The highest BCUT2D eigenvalue weighted by Crippen LogP contribution is 2.33. The Morgan fingerprint density at radius 1 is 1.47 bits per heavy atom. The molecule has 0 atom stereocenters. The second kappa shape index (κ2) is 4.59. The first-order valence-electron chi connectivity index (χ1n) is 5.49. The van der Waals surface area contributed by atoms with Crippen LogP contribution in [0, 0.1) is 13.8 Å². The van der Waals surface area contributed by atoms with Gasteiger partial charge < -0.3 is 4.52 Å². The van der Waals surface area contributed by atoms with Gasteiger partial charge in [-0.05, 0) is 26.7 Å². The molecule has 0 saturated heterocycles. The van der Waals surface area contributed by atoms with Crippen molar-refractivity contribution in [3.8, 4) is 0 Å². The van der Waals surface area contributed by atoms with E-state index in [0.29, 0.717) is 23.9 Å². The molecule has 7 heteroatoms. The highest BCUT2D eigenvalue weighted by atomic mass is 35.5. The topological polar surface area (TPSA) is 63.4 Å². The molecule has 17 heavy (non-hydrogen) atoms. The van der Waals surface area contributed by atoms with E-state index in [1.54, 1.807) is 13.8 Å². The molecule has 1 aliphatic rings. The van der Waals surface area contributed by atoms with Crippen LogP contribution in [0.25, 0.3) is 0 Å². The minimum Gasteiger partial charge on any atom is -0.360 e. The minimum absolute atomic E-state index is 0.0902. The second-order valence-corrected chi connectivity index (χ2v) is 6.39. The summed E-state index contributed by atoms with van der Waals surface area (Å²) in [7, 11) is -3.53. The minimum atomic E-state index is -3.53. The lowest BCUT2D eigenvalue weighted by atomic mass is 10.4. The Morgan fingerprint density at radius 3 is 2.53 bits per heavy atom. The van der Waals surface area contributed by atoms with Gasteiger partial charge in [-0.2, -0.15) is 4.31 Å². The van der Waals surface area contributed by atoms with Crippen LogP contribution in [0.5, 0.6) is 0 Å². The van der Waals surface area contributed by atoms with Gasteiger partial charge in [0.15, 0.2) is 5.76 Å². The highest BCUT2D eigenvalue weighted by Gasteiger charge is 2.40. The predicted octanol–water partition coefficient (Wildman–Crippen LogP) is 1.68. The summed E-state index contributed by atoms with van der Waals surface area (Å²) in [5.74, 6) is 0.627. The van der Waals surface area contributed by atoms with E-state index in [1.165, 1.54) is 4.31 Å². The molecular formula is C10H15ClN2O3S. The van der Waals surface area contributed by atoms with Gasteiger partial charge in [0.25, 0.3) is 0 Å². The Balaban J connectivity index is 2.40. The number of aryl methyl sites for hydroxylation is 2. The lowest BCUT2D eigenvalue weighted by molar-refractivity contribution is 0.388. The van der Waals surface area contributed by atoms with E-state index >= 15 is 0 Å². The molecule has 0 radical (unpaired) electrons.